The van der Waals surface area contributed by atoms with Crippen molar-refractivity contribution >= 4 is 15.9 Å². The maximum absolute atomic E-state index is 13.1. The van der Waals surface area contributed by atoms with Crippen LogP contribution in [0.3, 0.4) is 0 Å². The fraction of sp³-hybridized carbons (Fsp3) is 0.438. The Morgan fingerprint density at radius 3 is 2.56 bits per heavy atom. The Bertz CT molecular complexity index is 843. The lowest BCUT2D eigenvalue weighted by molar-refractivity contribution is 0.0951. The molecule has 0 aliphatic carbocycles. The molecule has 2 N–H and O–H groups in total. The van der Waals surface area contributed by atoms with E-state index >= 15 is 0 Å². The number of hydrogen-bond acceptors (Lipinski definition) is 6. The molecular weight excluding hydrogens is 344 g/mol. The zero-order valence-electron chi connectivity index (χ0n) is 13.7. The molecule has 2 heterocycles. The highest BCUT2D eigenvalue weighted by Gasteiger charge is 2.41. The van der Waals surface area contributed by atoms with Gasteiger partial charge in [-0.1, -0.05) is 12.1 Å². The van der Waals surface area contributed by atoms with Crippen LogP contribution in [0.25, 0.3) is 5.69 Å². The number of aromatic nitrogens is 3. The van der Waals surface area contributed by atoms with Gasteiger partial charge in [0.2, 0.25) is 0 Å². The van der Waals surface area contributed by atoms with Gasteiger partial charge in [-0.15, -0.1) is 0 Å². The van der Waals surface area contributed by atoms with Crippen LogP contribution in [-0.4, -0.2) is 51.6 Å². The Balaban J connectivity index is 2.00. The van der Waals surface area contributed by atoms with Crippen LogP contribution in [-0.2, 0) is 10.1 Å². The maximum atomic E-state index is 13.1. The molecular formula is C16H20N4O4S. The summed E-state index contributed by atoms with van der Waals surface area (Å²) in [5, 5.41) is 9.67. The van der Waals surface area contributed by atoms with Gasteiger partial charge in [-0.2, -0.15) is 23.4 Å². The summed E-state index contributed by atoms with van der Waals surface area (Å²) in [5.41, 5.74) is 0.545. The maximum Gasteiger partial charge on any atom is 0.275 e. The number of carbonyl (C=O) groups excluding carboxylic acids is 1. The van der Waals surface area contributed by atoms with E-state index in [0.717, 1.165) is 6.42 Å². The number of rotatable bonds is 5. The molecule has 134 valence electrons. The number of benzene rings is 1. The molecule has 1 aliphatic rings. The van der Waals surface area contributed by atoms with E-state index in [9.17, 15) is 17.8 Å². The molecule has 0 bridgehead atoms. The van der Waals surface area contributed by atoms with E-state index in [1.807, 2.05) is 6.92 Å². The van der Waals surface area contributed by atoms with Crippen molar-refractivity contribution in [3.63, 3.8) is 0 Å². The second-order valence-corrected chi connectivity index (χ2v) is 7.82. The lowest BCUT2D eigenvalue weighted by atomic mass is 9.88. The topological polar surface area (TPSA) is 114 Å². The lowest BCUT2D eigenvalue weighted by Crippen LogP contribution is -2.47. The highest BCUT2D eigenvalue weighted by atomic mass is 32.2. The van der Waals surface area contributed by atoms with Gasteiger partial charge < -0.3 is 5.32 Å². The standard InChI is InChI=1S/C16H20N4O4S/c1-11-6-7-12(10-17-11)16(25(22,23)24)15(21)13-4-2-3-5-14(13)20-18-8-9-19-20/h2-5,8-9,11-12,16-17H,6-7,10H2,1H3,(H,22,23,24)/t11-,12+,16?/m1/s1. The van der Waals surface area contributed by atoms with Crippen molar-refractivity contribution in [1.82, 2.24) is 20.3 Å². The van der Waals surface area contributed by atoms with Crippen LogP contribution >= 0.6 is 0 Å². The van der Waals surface area contributed by atoms with E-state index in [4.69, 9.17) is 0 Å². The molecule has 0 saturated carbocycles. The summed E-state index contributed by atoms with van der Waals surface area (Å²) in [5.74, 6) is -1.13. The zero-order valence-corrected chi connectivity index (χ0v) is 14.6. The van der Waals surface area contributed by atoms with Gasteiger partial charge in [0.05, 0.1) is 18.1 Å². The van der Waals surface area contributed by atoms with E-state index in [1.165, 1.54) is 23.3 Å². The van der Waals surface area contributed by atoms with Crippen LogP contribution in [0.1, 0.15) is 30.1 Å². The molecule has 9 heteroatoms. The van der Waals surface area contributed by atoms with Gasteiger partial charge in [0.25, 0.3) is 10.1 Å². The number of hydrogen-bond donors (Lipinski definition) is 2. The second-order valence-electron chi connectivity index (χ2n) is 6.28. The molecule has 0 amide bonds. The van der Waals surface area contributed by atoms with Crippen molar-refractivity contribution in [2.75, 3.05) is 6.54 Å². The van der Waals surface area contributed by atoms with Gasteiger partial charge in [-0.25, -0.2) is 0 Å². The first-order valence-electron chi connectivity index (χ1n) is 8.07. The van der Waals surface area contributed by atoms with E-state index < -0.39 is 27.1 Å². The summed E-state index contributed by atoms with van der Waals surface area (Å²) in [7, 11) is -4.55. The third-order valence-corrected chi connectivity index (χ3v) is 5.75. The highest BCUT2D eigenvalue weighted by Crippen LogP contribution is 2.27. The van der Waals surface area contributed by atoms with E-state index in [0.29, 0.717) is 18.7 Å². The number of para-hydroxylation sites is 1. The Hall–Kier alpha value is -2.10. The van der Waals surface area contributed by atoms with Gasteiger partial charge >= 0.3 is 0 Å². The minimum atomic E-state index is -4.55. The third-order valence-electron chi connectivity index (χ3n) is 4.51. The third kappa shape index (κ3) is 3.78. The molecule has 1 aromatic carbocycles. The van der Waals surface area contributed by atoms with E-state index in [1.54, 1.807) is 18.2 Å². The number of Topliss-reactive ketones (excluding diaryl/α,β-unsaturated/α-hetero) is 1. The minimum absolute atomic E-state index is 0.167. The monoisotopic (exact) mass is 364 g/mol. The molecule has 1 aromatic heterocycles. The predicted octanol–water partition coefficient (Wildman–Crippen LogP) is 1.09. The first-order chi connectivity index (χ1) is 11.9. The predicted molar refractivity (Wildman–Crippen MR) is 91.2 cm³/mol. The minimum Gasteiger partial charge on any atom is -0.314 e. The summed E-state index contributed by atoms with van der Waals surface area (Å²) < 4.78 is 33.7. The quantitative estimate of drug-likeness (QED) is 0.603. The van der Waals surface area contributed by atoms with Gasteiger partial charge in [-0.3, -0.25) is 9.35 Å². The summed E-state index contributed by atoms with van der Waals surface area (Å²) in [6, 6.07) is 6.77. The summed E-state index contributed by atoms with van der Waals surface area (Å²) >= 11 is 0. The molecule has 1 fully saturated rings. The molecule has 3 atom stereocenters. The first-order valence-corrected chi connectivity index (χ1v) is 9.58. The van der Waals surface area contributed by atoms with Crippen molar-refractivity contribution in [3.05, 3.63) is 42.2 Å². The van der Waals surface area contributed by atoms with Crippen molar-refractivity contribution in [1.29, 1.82) is 0 Å². The van der Waals surface area contributed by atoms with Crippen LogP contribution in [0.2, 0.25) is 0 Å². The molecule has 1 aliphatic heterocycles. The van der Waals surface area contributed by atoms with Gasteiger partial charge in [0.1, 0.15) is 0 Å². The fourth-order valence-electron chi connectivity index (χ4n) is 3.22. The van der Waals surface area contributed by atoms with Crippen molar-refractivity contribution in [2.45, 2.75) is 31.1 Å². The highest BCUT2D eigenvalue weighted by molar-refractivity contribution is 7.87. The van der Waals surface area contributed by atoms with Crippen LogP contribution in [0.5, 0.6) is 0 Å². The van der Waals surface area contributed by atoms with Crippen molar-refractivity contribution < 1.29 is 17.8 Å². The molecule has 8 nitrogen and oxygen atoms in total. The van der Waals surface area contributed by atoms with Crippen LogP contribution in [0.4, 0.5) is 0 Å². The van der Waals surface area contributed by atoms with Crippen LogP contribution in [0.15, 0.2) is 36.7 Å². The molecule has 0 spiro atoms. The first kappa shape index (κ1) is 17.7. The van der Waals surface area contributed by atoms with Crippen molar-refractivity contribution in [2.24, 2.45) is 5.92 Å². The molecule has 3 rings (SSSR count). The molecule has 1 unspecified atom stereocenters. The molecule has 2 aromatic rings. The van der Waals surface area contributed by atoms with Gasteiger partial charge in [0, 0.05) is 11.6 Å². The number of nitrogens with zero attached hydrogens (tertiary/aromatic N) is 3. The Kier molecular flexibility index (Phi) is 4.98. The van der Waals surface area contributed by atoms with Crippen LogP contribution < -0.4 is 5.32 Å². The SMILES string of the molecule is C[C@@H]1CC[C@H](C(C(=O)c2ccccc2-n2nccn2)S(=O)(=O)O)CN1. The number of carbonyl (C=O) groups is 1. The van der Waals surface area contributed by atoms with Gasteiger partial charge in [-0.05, 0) is 44.4 Å². The lowest BCUT2D eigenvalue weighted by Gasteiger charge is -2.31. The Labute approximate surface area is 146 Å². The number of piperidine rings is 1. The summed E-state index contributed by atoms with van der Waals surface area (Å²) in [6.07, 6.45) is 4.22. The van der Waals surface area contributed by atoms with E-state index in [2.05, 4.69) is 15.5 Å². The van der Waals surface area contributed by atoms with Crippen molar-refractivity contribution in [3.8, 4) is 5.69 Å². The number of ketones is 1. The molecule has 0 radical (unpaired) electrons. The Morgan fingerprint density at radius 2 is 1.96 bits per heavy atom. The molecule has 1 saturated heterocycles. The average molecular weight is 364 g/mol. The molecule has 25 heavy (non-hydrogen) atoms. The number of nitrogens with one attached hydrogen (secondary N) is 1. The average Bonchev–Trinajstić information content (AvgIpc) is 3.10. The zero-order chi connectivity index (χ0) is 18.0. The Morgan fingerprint density at radius 1 is 1.28 bits per heavy atom. The largest absolute Gasteiger partial charge is 0.314 e. The fourth-order valence-corrected chi connectivity index (χ4v) is 4.34. The van der Waals surface area contributed by atoms with Crippen LogP contribution in [0, 0.1) is 5.92 Å². The summed E-state index contributed by atoms with van der Waals surface area (Å²) in [6.45, 7) is 2.36. The summed E-state index contributed by atoms with van der Waals surface area (Å²) in [4.78, 5) is 14.3. The normalized spacial score (nSPS) is 22.5. The second kappa shape index (κ2) is 7.03. The van der Waals surface area contributed by atoms with Gasteiger partial charge in [0.15, 0.2) is 11.0 Å². The van der Waals surface area contributed by atoms with E-state index in [-0.39, 0.29) is 11.6 Å². The smallest absolute Gasteiger partial charge is 0.275 e.